The summed E-state index contributed by atoms with van der Waals surface area (Å²) in [4.78, 5) is 25.4. The van der Waals surface area contributed by atoms with E-state index in [0.29, 0.717) is 41.2 Å². The van der Waals surface area contributed by atoms with Crippen molar-refractivity contribution in [1.82, 2.24) is 20.3 Å². The van der Waals surface area contributed by atoms with Gasteiger partial charge in [0, 0.05) is 29.6 Å². The number of aromatic nitrogens is 3. The monoisotopic (exact) mass is 496 g/mol. The Hall–Kier alpha value is -3.28. The number of carbonyl (C=O) groups excluding carboxylic acids is 1. The van der Waals surface area contributed by atoms with Gasteiger partial charge < -0.3 is 10.3 Å². The van der Waals surface area contributed by atoms with Crippen LogP contribution in [0.25, 0.3) is 21.9 Å². The van der Waals surface area contributed by atoms with Crippen LogP contribution in [0.15, 0.2) is 48.7 Å². The van der Waals surface area contributed by atoms with E-state index < -0.39 is 0 Å². The Morgan fingerprint density at radius 1 is 1.08 bits per heavy atom. The van der Waals surface area contributed by atoms with E-state index in [1.807, 2.05) is 24.4 Å². The number of amides is 1. The lowest BCUT2D eigenvalue weighted by Gasteiger charge is -2.32. The molecule has 3 fully saturated rings. The lowest BCUT2D eigenvalue weighted by molar-refractivity contribution is 0.0917. The average Bonchev–Trinajstić information content (AvgIpc) is 3.59. The van der Waals surface area contributed by atoms with Crippen LogP contribution < -0.4 is 5.32 Å². The molecule has 3 aliphatic carbocycles. The Morgan fingerprint density at radius 2 is 1.97 bits per heavy atom. The molecule has 0 radical (unpaired) electrons. The minimum atomic E-state index is -0.187. The van der Waals surface area contributed by atoms with E-state index in [9.17, 15) is 9.18 Å². The molecule has 0 spiro atoms. The third kappa shape index (κ3) is 4.11. The first-order valence-electron chi connectivity index (χ1n) is 13.9. The molecule has 190 valence electrons. The van der Waals surface area contributed by atoms with Crippen molar-refractivity contribution < 1.29 is 9.18 Å². The van der Waals surface area contributed by atoms with Crippen LogP contribution in [0.5, 0.6) is 0 Å². The van der Waals surface area contributed by atoms with E-state index in [4.69, 9.17) is 4.98 Å². The topological polar surface area (TPSA) is 70.7 Å². The number of halogens is 1. The molecule has 2 heterocycles. The molecule has 3 aliphatic rings. The number of nitrogens with zero attached hydrogens (tertiary/aromatic N) is 2. The van der Waals surface area contributed by atoms with E-state index in [2.05, 4.69) is 28.3 Å². The van der Waals surface area contributed by atoms with Crippen LogP contribution in [0.1, 0.15) is 73.1 Å². The highest BCUT2D eigenvalue weighted by Gasteiger charge is 2.48. The van der Waals surface area contributed by atoms with Gasteiger partial charge in [-0.15, -0.1) is 0 Å². The van der Waals surface area contributed by atoms with Gasteiger partial charge in [0.25, 0.3) is 5.91 Å². The van der Waals surface area contributed by atoms with Gasteiger partial charge in [-0.3, -0.25) is 9.78 Å². The first-order chi connectivity index (χ1) is 18.0. The average molecular weight is 497 g/mol. The predicted octanol–water partition coefficient (Wildman–Crippen LogP) is 6.54. The van der Waals surface area contributed by atoms with Gasteiger partial charge in [-0.25, -0.2) is 9.37 Å². The van der Waals surface area contributed by atoms with Gasteiger partial charge in [-0.05, 0) is 116 Å². The van der Waals surface area contributed by atoms with Gasteiger partial charge in [0.05, 0.1) is 16.6 Å². The van der Waals surface area contributed by atoms with E-state index in [1.54, 1.807) is 12.1 Å². The molecular formula is C31H33FN4O. The van der Waals surface area contributed by atoms with Crippen molar-refractivity contribution in [2.45, 2.75) is 63.8 Å². The molecule has 2 aromatic heterocycles. The summed E-state index contributed by atoms with van der Waals surface area (Å²) in [6.07, 6.45) is 9.83. The number of benzene rings is 2. The number of aromatic amines is 1. The van der Waals surface area contributed by atoms with Gasteiger partial charge in [0.1, 0.15) is 11.6 Å². The van der Waals surface area contributed by atoms with E-state index in [1.165, 1.54) is 37.3 Å². The smallest absolute Gasteiger partial charge is 0.251 e. The van der Waals surface area contributed by atoms with E-state index >= 15 is 0 Å². The summed E-state index contributed by atoms with van der Waals surface area (Å²) >= 11 is 0. The molecule has 5 atom stereocenters. The first kappa shape index (κ1) is 22.9. The third-order valence-corrected chi connectivity index (χ3v) is 9.53. The molecule has 2 aromatic carbocycles. The lowest BCUT2D eigenvalue weighted by Crippen LogP contribution is -2.39. The van der Waals surface area contributed by atoms with Crippen LogP contribution in [0, 0.1) is 29.5 Å². The number of nitrogens with one attached hydrogen (secondary N) is 2. The molecule has 4 aromatic rings. The molecule has 1 amide bonds. The molecule has 37 heavy (non-hydrogen) atoms. The normalized spacial score (nSPS) is 26.0. The maximum atomic E-state index is 14.0. The number of rotatable bonds is 6. The summed E-state index contributed by atoms with van der Waals surface area (Å²) in [6, 6.07) is 13.2. The SMILES string of the molecule is C[C@H](Cc1nc2cc(C(=O)NC3CCC3)ccc2[nH]1)C1CC2CC1CC2c1ccnc2ccc(F)cc12. The summed E-state index contributed by atoms with van der Waals surface area (Å²) in [5, 5.41) is 4.10. The molecule has 5 nitrogen and oxygen atoms in total. The highest BCUT2D eigenvalue weighted by Crippen LogP contribution is 2.58. The second kappa shape index (κ2) is 8.93. The van der Waals surface area contributed by atoms with Crippen molar-refractivity contribution in [3.8, 4) is 0 Å². The maximum Gasteiger partial charge on any atom is 0.251 e. The fourth-order valence-corrected chi connectivity index (χ4v) is 7.44. The van der Waals surface area contributed by atoms with Gasteiger partial charge in [-0.1, -0.05) is 6.92 Å². The minimum absolute atomic E-state index is 0.00534. The number of fused-ring (bicyclic) bond motifs is 4. The summed E-state index contributed by atoms with van der Waals surface area (Å²) < 4.78 is 14.0. The van der Waals surface area contributed by atoms with Gasteiger partial charge >= 0.3 is 0 Å². The van der Waals surface area contributed by atoms with Gasteiger partial charge in [0.2, 0.25) is 0 Å². The number of imidazole rings is 1. The molecule has 2 N–H and O–H groups in total. The largest absolute Gasteiger partial charge is 0.349 e. The summed E-state index contributed by atoms with van der Waals surface area (Å²) in [5.74, 6) is 3.89. The number of pyridine rings is 1. The minimum Gasteiger partial charge on any atom is -0.349 e. The van der Waals surface area contributed by atoms with Crippen molar-refractivity contribution in [3.05, 3.63) is 71.4 Å². The Bertz CT molecular complexity index is 1490. The van der Waals surface area contributed by atoms with Gasteiger partial charge in [0.15, 0.2) is 0 Å². The van der Waals surface area contributed by atoms with Crippen LogP contribution in [0.2, 0.25) is 0 Å². The van der Waals surface area contributed by atoms with Crippen molar-refractivity contribution in [2.24, 2.45) is 23.7 Å². The highest BCUT2D eigenvalue weighted by atomic mass is 19.1. The standard InChI is InChI=1S/C31H33FN4O/c1-17(11-30-35-28-7-5-18(15-29(28)36-30)31(37)34-22-3-2-4-22)24-13-20-12-19(24)14-25(20)23-9-10-33-27-8-6-21(32)16-26(23)27/h5-10,15-17,19-20,22,24-25H,2-4,11-14H2,1H3,(H,34,37)(H,35,36)/t17-,19?,20?,24?,25?/m1/s1. The quantitative estimate of drug-likeness (QED) is 0.318. The Balaban J connectivity index is 1.04. The molecule has 0 aliphatic heterocycles. The maximum absolute atomic E-state index is 14.0. The van der Waals surface area contributed by atoms with Crippen LogP contribution in [0.3, 0.4) is 0 Å². The molecule has 0 saturated heterocycles. The Labute approximate surface area is 216 Å². The predicted molar refractivity (Wildman–Crippen MR) is 143 cm³/mol. The third-order valence-electron chi connectivity index (χ3n) is 9.53. The fraction of sp³-hybridized carbons (Fsp3) is 0.452. The molecule has 6 heteroatoms. The summed E-state index contributed by atoms with van der Waals surface area (Å²) in [7, 11) is 0. The molecular weight excluding hydrogens is 463 g/mol. The highest BCUT2D eigenvalue weighted by molar-refractivity contribution is 5.97. The van der Waals surface area contributed by atoms with Gasteiger partial charge in [-0.2, -0.15) is 0 Å². The molecule has 4 unspecified atom stereocenters. The summed E-state index contributed by atoms with van der Waals surface area (Å²) in [6.45, 7) is 2.36. The second-order valence-corrected chi connectivity index (χ2v) is 11.8. The summed E-state index contributed by atoms with van der Waals surface area (Å²) in [5.41, 5.74) is 4.71. The van der Waals surface area contributed by atoms with E-state index in [-0.39, 0.29) is 11.7 Å². The fourth-order valence-electron chi connectivity index (χ4n) is 7.44. The number of H-pyrrole nitrogens is 1. The Morgan fingerprint density at radius 3 is 2.76 bits per heavy atom. The zero-order valence-corrected chi connectivity index (χ0v) is 21.2. The van der Waals surface area contributed by atoms with Crippen LogP contribution in [0.4, 0.5) is 4.39 Å². The van der Waals surface area contributed by atoms with Crippen LogP contribution >= 0.6 is 0 Å². The molecule has 7 rings (SSSR count). The van der Waals surface area contributed by atoms with Crippen LogP contribution in [-0.2, 0) is 6.42 Å². The number of carbonyl (C=O) groups is 1. The lowest BCUT2D eigenvalue weighted by atomic mass is 9.73. The van der Waals surface area contributed by atoms with Crippen LogP contribution in [-0.4, -0.2) is 26.9 Å². The number of hydrogen-bond acceptors (Lipinski definition) is 3. The van der Waals surface area contributed by atoms with Crippen molar-refractivity contribution in [3.63, 3.8) is 0 Å². The number of hydrogen-bond donors (Lipinski definition) is 2. The Kier molecular flexibility index (Phi) is 5.52. The molecule has 2 bridgehead atoms. The van der Waals surface area contributed by atoms with Crippen molar-refractivity contribution in [2.75, 3.05) is 0 Å². The molecule has 3 saturated carbocycles. The first-order valence-corrected chi connectivity index (χ1v) is 13.9. The second-order valence-electron chi connectivity index (χ2n) is 11.8. The van der Waals surface area contributed by atoms with Crippen molar-refractivity contribution >= 4 is 27.8 Å². The zero-order valence-electron chi connectivity index (χ0n) is 21.2. The van der Waals surface area contributed by atoms with E-state index in [0.717, 1.165) is 47.0 Å². The zero-order chi connectivity index (χ0) is 25.1. The van der Waals surface area contributed by atoms with Crippen molar-refractivity contribution in [1.29, 1.82) is 0 Å².